The molecule has 1 N–H and O–H groups in total. The van der Waals surface area contributed by atoms with Crippen LogP contribution >= 0.6 is 0 Å². The number of aromatic nitrogens is 3. The summed E-state index contributed by atoms with van der Waals surface area (Å²) in [6.07, 6.45) is 4.18. The summed E-state index contributed by atoms with van der Waals surface area (Å²) < 4.78 is 2.09. The van der Waals surface area contributed by atoms with Crippen molar-refractivity contribution >= 4 is 5.91 Å². The number of pyridine rings is 1. The summed E-state index contributed by atoms with van der Waals surface area (Å²) in [7, 11) is 0. The second kappa shape index (κ2) is 7.78. The Bertz CT molecular complexity index is 724. The second-order valence-corrected chi connectivity index (χ2v) is 6.95. The molecule has 1 fully saturated rings. The van der Waals surface area contributed by atoms with Crippen molar-refractivity contribution in [2.24, 2.45) is 0 Å². The first-order valence-electron chi connectivity index (χ1n) is 9.01. The zero-order chi connectivity index (χ0) is 17.8. The molecule has 0 saturated carbocycles. The Labute approximate surface area is 149 Å². The first-order chi connectivity index (χ1) is 12.0. The van der Waals surface area contributed by atoms with E-state index in [0.29, 0.717) is 18.6 Å². The highest BCUT2D eigenvalue weighted by Crippen LogP contribution is 2.32. The van der Waals surface area contributed by atoms with Crippen LogP contribution in [0.25, 0.3) is 0 Å². The Morgan fingerprint density at radius 1 is 1.36 bits per heavy atom. The fourth-order valence-corrected chi connectivity index (χ4v) is 3.49. The van der Waals surface area contributed by atoms with Gasteiger partial charge >= 0.3 is 0 Å². The molecule has 0 aliphatic carbocycles. The predicted molar refractivity (Wildman–Crippen MR) is 96.8 cm³/mol. The van der Waals surface area contributed by atoms with Crippen LogP contribution in [0.4, 0.5) is 0 Å². The minimum absolute atomic E-state index is 0.0309. The van der Waals surface area contributed by atoms with Crippen molar-refractivity contribution < 1.29 is 4.79 Å². The molecular formula is C19H27N5O. The van der Waals surface area contributed by atoms with Crippen LogP contribution in [0.1, 0.15) is 62.8 Å². The van der Waals surface area contributed by atoms with E-state index in [1.54, 1.807) is 0 Å². The SMILES string of the molecule is CC(=O)NCc1cccc([C@@H]2CCCN2Cc2ccnn2C(C)C)n1. The highest BCUT2D eigenvalue weighted by molar-refractivity contribution is 5.72. The minimum Gasteiger partial charge on any atom is -0.351 e. The quantitative estimate of drug-likeness (QED) is 0.877. The number of nitrogens with zero attached hydrogens (tertiary/aromatic N) is 4. The van der Waals surface area contributed by atoms with Gasteiger partial charge in [0.15, 0.2) is 0 Å². The Morgan fingerprint density at radius 3 is 2.96 bits per heavy atom. The van der Waals surface area contributed by atoms with E-state index in [4.69, 9.17) is 4.98 Å². The number of nitrogens with one attached hydrogen (secondary N) is 1. The van der Waals surface area contributed by atoms with Crippen molar-refractivity contribution in [2.45, 2.75) is 58.8 Å². The molecule has 1 atom stereocenters. The summed E-state index contributed by atoms with van der Waals surface area (Å²) in [5.41, 5.74) is 3.25. The summed E-state index contributed by atoms with van der Waals surface area (Å²) >= 11 is 0. The summed E-state index contributed by atoms with van der Waals surface area (Å²) in [6, 6.07) is 8.90. The van der Waals surface area contributed by atoms with Gasteiger partial charge in [-0.15, -0.1) is 0 Å². The molecule has 0 spiro atoms. The zero-order valence-electron chi connectivity index (χ0n) is 15.3. The zero-order valence-corrected chi connectivity index (χ0v) is 15.3. The van der Waals surface area contributed by atoms with Crippen molar-refractivity contribution in [1.82, 2.24) is 25.0 Å². The first-order valence-corrected chi connectivity index (χ1v) is 9.01. The van der Waals surface area contributed by atoms with E-state index in [0.717, 1.165) is 30.9 Å². The normalized spacial score (nSPS) is 18.0. The van der Waals surface area contributed by atoms with Gasteiger partial charge in [0.25, 0.3) is 0 Å². The summed E-state index contributed by atoms with van der Waals surface area (Å²) in [6.45, 7) is 8.29. The molecule has 2 aromatic heterocycles. The van der Waals surface area contributed by atoms with Gasteiger partial charge in [0, 0.05) is 25.7 Å². The van der Waals surface area contributed by atoms with Crippen molar-refractivity contribution in [3.8, 4) is 0 Å². The van der Waals surface area contributed by atoms with E-state index in [2.05, 4.69) is 46.0 Å². The monoisotopic (exact) mass is 341 g/mol. The molecule has 1 amide bonds. The van der Waals surface area contributed by atoms with Crippen LogP contribution in [0.5, 0.6) is 0 Å². The van der Waals surface area contributed by atoms with Gasteiger partial charge in [-0.05, 0) is 51.4 Å². The predicted octanol–water partition coefficient (Wildman–Crippen LogP) is 2.83. The van der Waals surface area contributed by atoms with Crippen molar-refractivity contribution in [2.75, 3.05) is 6.54 Å². The van der Waals surface area contributed by atoms with Crippen LogP contribution in [-0.2, 0) is 17.9 Å². The van der Waals surface area contributed by atoms with Gasteiger partial charge in [0.1, 0.15) is 0 Å². The molecule has 1 aliphatic rings. The highest BCUT2D eigenvalue weighted by atomic mass is 16.1. The fourth-order valence-electron chi connectivity index (χ4n) is 3.49. The molecule has 6 nitrogen and oxygen atoms in total. The van der Waals surface area contributed by atoms with E-state index in [-0.39, 0.29) is 5.91 Å². The number of likely N-dealkylation sites (tertiary alicyclic amines) is 1. The van der Waals surface area contributed by atoms with Crippen LogP contribution in [0.2, 0.25) is 0 Å². The number of hydrogen-bond acceptors (Lipinski definition) is 4. The first kappa shape index (κ1) is 17.6. The lowest BCUT2D eigenvalue weighted by Gasteiger charge is -2.25. The van der Waals surface area contributed by atoms with Gasteiger partial charge in [0.2, 0.25) is 5.91 Å². The number of carbonyl (C=O) groups excluding carboxylic acids is 1. The van der Waals surface area contributed by atoms with Crippen molar-refractivity contribution in [1.29, 1.82) is 0 Å². The third kappa shape index (κ3) is 4.25. The average molecular weight is 341 g/mol. The Morgan fingerprint density at radius 2 is 2.20 bits per heavy atom. The molecule has 6 heteroatoms. The van der Waals surface area contributed by atoms with Crippen LogP contribution in [-0.4, -0.2) is 32.1 Å². The van der Waals surface area contributed by atoms with Crippen LogP contribution < -0.4 is 5.32 Å². The molecule has 0 aromatic carbocycles. The molecular weight excluding hydrogens is 314 g/mol. The van der Waals surface area contributed by atoms with E-state index in [1.165, 1.54) is 19.0 Å². The number of hydrogen-bond donors (Lipinski definition) is 1. The van der Waals surface area contributed by atoms with Gasteiger partial charge in [-0.1, -0.05) is 6.07 Å². The number of carbonyl (C=O) groups is 1. The molecule has 1 aliphatic heterocycles. The summed E-state index contributed by atoms with van der Waals surface area (Å²) in [5, 5.41) is 7.27. The maximum Gasteiger partial charge on any atom is 0.217 e. The molecule has 3 heterocycles. The topological polar surface area (TPSA) is 63.1 Å². The van der Waals surface area contributed by atoms with E-state index >= 15 is 0 Å². The molecule has 3 rings (SSSR count). The van der Waals surface area contributed by atoms with E-state index < -0.39 is 0 Å². The van der Waals surface area contributed by atoms with Gasteiger partial charge < -0.3 is 5.32 Å². The maximum atomic E-state index is 11.1. The summed E-state index contributed by atoms with van der Waals surface area (Å²) in [4.78, 5) is 18.4. The molecule has 1 saturated heterocycles. The molecule has 0 unspecified atom stereocenters. The van der Waals surface area contributed by atoms with Gasteiger partial charge in [0.05, 0.1) is 29.7 Å². The Balaban J connectivity index is 1.74. The van der Waals surface area contributed by atoms with Crippen molar-refractivity contribution in [3.05, 3.63) is 47.5 Å². The smallest absolute Gasteiger partial charge is 0.217 e. The lowest BCUT2D eigenvalue weighted by atomic mass is 10.1. The molecule has 134 valence electrons. The van der Waals surface area contributed by atoms with Gasteiger partial charge in [-0.2, -0.15) is 5.10 Å². The van der Waals surface area contributed by atoms with Crippen LogP contribution in [0.3, 0.4) is 0 Å². The number of amides is 1. The second-order valence-electron chi connectivity index (χ2n) is 6.95. The van der Waals surface area contributed by atoms with Gasteiger partial charge in [-0.3, -0.25) is 19.4 Å². The highest BCUT2D eigenvalue weighted by Gasteiger charge is 2.28. The van der Waals surface area contributed by atoms with E-state index in [1.807, 2.05) is 18.3 Å². The molecule has 25 heavy (non-hydrogen) atoms. The molecule has 0 bridgehead atoms. The number of rotatable bonds is 6. The minimum atomic E-state index is -0.0309. The third-order valence-corrected chi connectivity index (χ3v) is 4.66. The van der Waals surface area contributed by atoms with Crippen LogP contribution in [0, 0.1) is 0 Å². The van der Waals surface area contributed by atoms with Crippen LogP contribution in [0.15, 0.2) is 30.5 Å². The third-order valence-electron chi connectivity index (χ3n) is 4.66. The Hall–Kier alpha value is -2.21. The lowest BCUT2D eigenvalue weighted by Crippen LogP contribution is -2.26. The molecule has 0 radical (unpaired) electrons. The van der Waals surface area contributed by atoms with Gasteiger partial charge in [-0.25, -0.2) is 0 Å². The van der Waals surface area contributed by atoms with E-state index in [9.17, 15) is 4.79 Å². The largest absolute Gasteiger partial charge is 0.351 e. The fraction of sp³-hybridized carbons (Fsp3) is 0.526. The standard InChI is InChI=1S/C19H27N5O/c1-14(2)24-17(9-10-21-24)13-23-11-5-8-19(23)18-7-4-6-16(22-18)12-20-15(3)25/h4,6-7,9-10,14,19H,5,8,11-13H2,1-3H3,(H,20,25)/t19-/m0/s1. The lowest BCUT2D eigenvalue weighted by molar-refractivity contribution is -0.119. The molecule has 2 aromatic rings. The van der Waals surface area contributed by atoms with Crippen molar-refractivity contribution in [3.63, 3.8) is 0 Å². The summed E-state index contributed by atoms with van der Waals surface area (Å²) in [5.74, 6) is -0.0309. The maximum absolute atomic E-state index is 11.1. The average Bonchev–Trinajstić information content (AvgIpc) is 3.23. The Kier molecular flexibility index (Phi) is 5.48.